The molecule has 7 heteroatoms. The summed E-state index contributed by atoms with van der Waals surface area (Å²) in [4.78, 5) is 12.3. The number of hydrogen-bond donors (Lipinski definition) is 1. The van der Waals surface area contributed by atoms with Crippen molar-refractivity contribution in [1.29, 1.82) is 0 Å². The van der Waals surface area contributed by atoms with E-state index in [0.29, 0.717) is 23.2 Å². The molecule has 0 aliphatic carbocycles. The first-order valence-electron chi connectivity index (χ1n) is 8.53. The number of nitrogens with one attached hydrogen (secondary N) is 1. The Kier molecular flexibility index (Phi) is 7.05. The van der Waals surface area contributed by atoms with Crippen molar-refractivity contribution < 1.29 is 13.2 Å². The first-order chi connectivity index (χ1) is 12.8. The van der Waals surface area contributed by atoms with Gasteiger partial charge in [0.05, 0.1) is 22.2 Å². The van der Waals surface area contributed by atoms with Crippen LogP contribution < -0.4 is 9.62 Å². The summed E-state index contributed by atoms with van der Waals surface area (Å²) in [6.45, 7) is 8.17. The maximum atomic E-state index is 13.2. The van der Waals surface area contributed by atoms with E-state index in [0.717, 1.165) is 0 Å². The fourth-order valence-electron chi connectivity index (χ4n) is 2.42. The van der Waals surface area contributed by atoms with Crippen molar-refractivity contribution in [3.63, 3.8) is 0 Å². The zero-order valence-corrected chi connectivity index (χ0v) is 16.9. The van der Waals surface area contributed by atoms with Crippen molar-refractivity contribution in [2.45, 2.75) is 18.7 Å². The molecular formula is C20H23ClN2O3S. The molecule has 0 bridgehead atoms. The second-order valence-corrected chi connectivity index (χ2v) is 8.68. The van der Waals surface area contributed by atoms with Crippen LogP contribution in [0.25, 0.3) is 0 Å². The molecule has 0 radical (unpaired) electrons. The van der Waals surface area contributed by atoms with Crippen LogP contribution >= 0.6 is 11.6 Å². The van der Waals surface area contributed by atoms with Crippen molar-refractivity contribution in [2.24, 2.45) is 5.92 Å². The molecule has 2 rings (SSSR count). The lowest BCUT2D eigenvalue weighted by atomic mass is 10.2. The summed E-state index contributed by atoms with van der Waals surface area (Å²) in [6, 6.07) is 12.7. The molecule has 0 saturated carbocycles. The maximum absolute atomic E-state index is 13.2. The predicted molar refractivity (Wildman–Crippen MR) is 110 cm³/mol. The average molecular weight is 407 g/mol. The summed E-state index contributed by atoms with van der Waals surface area (Å²) in [6.07, 6.45) is 1.49. The molecule has 2 aromatic rings. The van der Waals surface area contributed by atoms with E-state index in [1.165, 1.54) is 22.5 Å². The Morgan fingerprint density at radius 2 is 1.93 bits per heavy atom. The highest BCUT2D eigenvalue weighted by molar-refractivity contribution is 7.92. The molecule has 1 N–H and O–H groups in total. The molecule has 1 amide bonds. The van der Waals surface area contributed by atoms with E-state index in [2.05, 4.69) is 11.9 Å². The van der Waals surface area contributed by atoms with Gasteiger partial charge in [-0.25, -0.2) is 8.42 Å². The molecule has 0 fully saturated rings. The van der Waals surface area contributed by atoms with Crippen molar-refractivity contribution in [1.82, 2.24) is 5.32 Å². The fraction of sp³-hybridized carbons (Fsp3) is 0.250. The Bertz CT molecular complexity index is 926. The van der Waals surface area contributed by atoms with Crippen molar-refractivity contribution in [3.8, 4) is 0 Å². The lowest BCUT2D eigenvalue weighted by Crippen LogP contribution is -2.32. The molecular weight excluding hydrogens is 384 g/mol. The molecule has 27 heavy (non-hydrogen) atoms. The molecule has 0 aliphatic heterocycles. The third-order valence-corrected chi connectivity index (χ3v) is 5.87. The Morgan fingerprint density at radius 3 is 2.56 bits per heavy atom. The molecule has 5 nitrogen and oxygen atoms in total. The number of anilines is 1. The van der Waals surface area contributed by atoms with Gasteiger partial charge in [0.1, 0.15) is 0 Å². The van der Waals surface area contributed by atoms with E-state index >= 15 is 0 Å². The smallest absolute Gasteiger partial charge is 0.264 e. The van der Waals surface area contributed by atoms with Gasteiger partial charge in [0.25, 0.3) is 15.9 Å². The molecule has 0 saturated heterocycles. The molecule has 0 heterocycles. The third kappa shape index (κ3) is 5.11. The summed E-state index contributed by atoms with van der Waals surface area (Å²) in [5.74, 6) is -0.0158. The molecule has 0 spiro atoms. The van der Waals surface area contributed by atoms with Crippen LogP contribution in [0.1, 0.15) is 24.2 Å². The number of sulfonamides is 1. The first-order valence-corrected chi connectivity index (χ1v) is 10.4. The van der Waals surface area contributed by atoms with E-state index in [-0.39, 0.29) is 22.9 Å². The molecule has 0 aromatic heterocycles. The number of benzene rings is 2. The van der Waals surface area contributed by atoms with Crippen LogP contribution in [0.15, 0.2) is 66.1 Å². The minimum absolute atomic E-state index is 0.0152. The van der Waals surface area contributed by atoms with Crippen LogP contribution in [0.2, 0.25) is 5.02 Å². The van der Waals surface area contributed by atoms with Gasteiger partial charge >= 0.3 is 0 Å². The standard InChI is InChI=1S/C20H23ClN2O3S/c1-4-12-23(19-11-6-5-10-18(19)21)27(25,26)17-9-7-8-16(13-17)20(24)22-14-15(2)3/h4-11,13,15H,1,12,14H2,2-3H3,(H,22,24). The van der Waals surface area contributed by atoms with Crippen LogP contribution in [0.5, 0.6) is 0 Å². The van der Waals surface area contributed by atoms with E-state index in [9.17, 15) is 13.2 Å². The number of rotatable bonds is 8. The maximum Gasteiger partial charge on any atom is 0.264 e. The number of nitrogens with zero attached hydrogens (tertiary/aromatic N) is 1. The summed E-state index contributed by atoms with van der Waals surface area (Å²) in [7, 11) is -3.93. The topological polar surface area (TPSA) is 66.5 Å². The van der Waals surface area contributed by atoms with E-state index < -0.39 is 10.0 Å². The lowest BCUT2D eigenvalue weighted by molar-refractivity contribution is 0.0949. The number of carbonyl (C=O) groups is 1. The summed E-state index contributed by atoms with van der Waals surface area (Å²) in [5.41, 5.74) is 0.642. The molecule has 144 valence electrons. The van der Waals surface area contributed by atoms with Crippen molar-refractivity contribution in [3.05, 3.63) is 71.8 Å². The molecule has 0 atom stereocenters. The SMILES string of the molecule is C=CCN(c1ccccc1Cl)S(=O)(=O)c1cccc(C(=O)NCC(C)C)c1. The van der Waals surface area contributed by atoms with Gasteiger partial charge in [0, 0.05) is 12.1 Å². The number of carbonyl (C=O) groups excluding carboxylic acids is 1. The van der Waals surface area contributed by atoms with E-state index in [4.69, 9.17) is 11.6 Å². The zero-order chi connectivity index (χ0) is 20.0. The van der Waals surface area contributed by atoms with Gasteiger partial charge in [-0.15, -0.1) is 6.58 Å². The monoisotopic (exact) mass is 406 g/mol. The lowest BCUT2D eigenvalue weighted by Gasteiger charge is -2.24. The van der Waals surface area contributed by atoms with Gasteiger partial charge in [0.15, 0.2) is 0 Å². The van der Waals surface area contributed by atoms with Gasteiger partial charge in [-0.2, -0.15) is 0 Å². The number of hydrogen-bond acceptors (Lipinski definition) is 3. The zero-order valence-electron chi connectivity index (χ0n) is 15.4. The van der Waals surface area contributed by atoms with Crippen LogP contribution in [0.3, 0.4) is 0 Å². The van der Waals surface area contributed by atoms with Crippen LogP contribution in [-0.4, -0.2) is 27.4 Å². The van der Waals surface area contributed by atoms with Gasteiger partial charge < -0.3 is 5.32 Å². The fourth-order valence-corrected chi connectivity index (χ4v) is 4.21. The molecule has 0 aliphatic rings. The Balaban J connectivity index is 2.42. The Labute approximate surface area is 165 Å². The molecule has 2 aromatic carbocycles. The number of para-hydroxylation sites is 1. The van der Waals surface area contributed by atoms with Crippen LogP contribution in [0.4, 0.5) is 5.69 Å². The quantitative estimate of drug-likeness (QED) is 0.671. The molecule has 0 unspecified atom stereocenters. The van der Waals surface area contributed by atoms with Crippen molar-refractivity contribution >= 4 is 33.2 Å². The second kappa shape index (κ2) is 9.06. The average Bonchev–Trinajstić information content (AvgIpc) is 2.65. The summed E-state index contributed by atoms with van der Waals surface area (Å²) >= 11 is 6.20. The normalized spacial score (nSPS) is 11.3. The first kappa shape index (κ1) is 21.0. The highest BCUT2D eigenvalue weighted by Crippen LogP contribution is 2.30. The highest BCUT2D eigenvalue weighted by atomic mass is 35.5. The number of amides is 1. The van der Waals surface area contributed by atoms with Gasteiger partial charge in [-0.1, -0.05) is 49.7 Å². The Morgan fingerprint density at radius 1 is 1.22 bits per heavy atom. The predicted octanol–water partition coefficient (Wildman–Crippen LogP) is 4.11. The summed E-state index contributed by atoms with van der Waals surface area (Å²) < 4.78 is 27.6. The summed E-state index contributed by atoms with van der Waals surface area (Å²) in [5, 5.41) is 3.10. The second-order valence-electron chi connectivity index (χ2n) is 6.41. The van der Waals surface area contributed by atoms with Gasteiger partial charge in [-0.3, -0.25) is 9.10 Å². The number of halogens is 1. The highest BCUT2D eigenvalue weighted by Gasteiger charge is 2.26. The van der Waals surface area contributed by atoms with E-state index in [1.807, 2.05) is 13.8 Å². The van der Waals surface area contributed by atoms with Crippen LogP contribution in [0, 0.1) is 5.92 Å². The van der Waals surface area contributed by atoms with Crippen molar-refractivity contribution in [2.75, 3.05) is 17.4 Å². The largest absolute Gasteiger partial charge is 0.352 e. The van der Waals surface area contributed by atoms with Gasteiger partial charge in [0.2, 0.25) is 0 Å². The minimum Gasteiger partial charge on any atom is -0.352 e. The minimum atomic E-state index is -3.93. The van der Waals surface area contributed by atoms with Gasteiger partial charge in [-0.05, 0) is 36.2 Å². The van der Waals surface area contributed by atoms with E-state index in [1.54, 1.807) is 36.4 Å². The Hall–Kier alpha value is -2.31. The van der Waals surface area contributed by atoms with Crippen LogP contribution in [-0.2, 0) is 10.0 Å². The third-order valence-electron chi connectivity index (χ3n) is 3.77.